The number of alkyl halides is 2. The molecule has 1 aromatic carbocycles. The van der Waals surface area contributed by atoms with Crippen LogP contribution in [0.25, 0.3) is 0 Å². The summed E-state index contributed by atoms with van der Waals surface area (Å²) in [5.41, 5.74) is -0.484. The van der Waals surface area contributed by atoms with Crippen LogP contribution in [-0.4, -0.2) is 11.5 Å². The van der Waals surface area contributed by atoms with Crippen molar-refractivity contribution in [2.75, 3.05) is 0 Å². The Labute approximate surface area is 77.8 Å². The van der Waals surface area contributed by atoms with E-state index in [1.807, 2.05) is 0 Å². The predicted molar refractivity (Wildman–Crippen MR) is 42.4 cm³/mol. The maximum absolute atomic E-state index is 12.8. The number of hydrogen-bond donors (Lipinski definition) is 1. The van der Waals surface area contributed by atoms with Crippen molar-refractivity contribution in [1.82, 2.24) is 0 Å². The molecule has 0 bridgehead atoms. The van der Waals surface area contributed by atoms with Crippen LogP contribution in [0.3, 0.4) is 0 Å². The zero-order valence-electron chi connectivity index (χ0n) is 6.35. The monoisotopic (exact) mass is 210 g/mol. The van der Waals surface area contributed by atoms with Crippen molar-refractivity contribution in [3.8, 4) is 0 Å². The molecule has 1 N–H and O–H groups in total. The van der Waals surface area contributed by atoms with E-state index in [-0.39, 0.29) is 5.02 Å². The van der Waals surface area contributed by atoms with Crippen molar-refractivity contribution < 1.29 is 18.3 Å². The maximum Gasteiger partial charge on any atom is 0.268 e. The summed E-state index contributed by atoms with van der Waals surface area (Å²) in [4.78, 5) is 0. The number of aliphatic hydroxyl groups excluding tert-OH is 1. The van der Waals surface area contributed by atoms with Crippen molar-refractivity contribution in [3.05, 3.63) is 34.6 Å². The van der Waals surface area contributed by atoms with Gasteiger partial charge in [-0.25, -0.2) is 13.2 Å². The minimum atomic E-state index is -3.02. The molecule has 0 heterocycles. The molecule has 0 amide bonds. The quantitative estimate of drug-likeness (QED) is 0.796. The molecule has 0 fully saturated rings. The van der Waals surface area contributed by atoms with Crippen molar-refractivity contribution >= 4 is 11.6 Å². The van der Waals surface area contributed by atoms with Crippen LogP contribution >= 0.6 is 11.6 Å². The molecule has 0 aliphatic heterocycles. The largest absolute Gasteiger partial charge is 0.382 e. The standard InChI is InChI=1S/C8H6ClF3O/c9-4-1-2-6(10)5(3-4)7(13)8(11)12/h1-3,7-8,13H/t7-/m0/s1. The Balaban J connectivity index is 3.05. The lowest BCUT2D eigenvalue weighted by atomic mass is 10.1. The van der Waals surface area contributed by atoms with Crippen molar-refractivity contribution in [2.24, 2.45) is 0 Å². The molecule has 1 atom stereocenters. The predicted octanol–water partition coefficient (Wildman–Crippen LogP) is 2.78. The van der Waals surface area contributed by atoms with E-state index >= 15 is 0 Å². The Hall–Kier alpha value is -0.740. The number of rotatable bonds is 2. The van der Waals surface area contributed by atoms with Gasteiger partial charge in [0.2, 0.25) is 0 Å². The second kappa shape index (κ2) is 3.98. The lowest BCUT2D eigenvalue weighted by Crippen LogP contribution is -2.09. The van der Waals surface area contributed by atoms with Gasteiger partial charge in [0.25, 0.3) is 6.43 Å². The van der Waals surface area contributed by atoms with Crippen LogP contribution in [0, 0.1) is 5.82 Å². The van der Waals surface area contributed by atoms with Gasteiger partial charge >= 0.3 is 0 Å². The number of benzene rings is 1. The number of halogens is 4. The molecule has 1 rings (SSSR count). The smallest absolute Gasteiger partial charge is 0.268 e. The molecule has 0 saturated heterocycles. The first-order chi connectivity index (χ1) is 6.02. The second-order valence-electron chi connectivity index (χ2n) is 2.45. The molecule has 1 nitrogen and oxygen atoms in total. The number of aliphatic hydroxyl groups is 1. The van der Waals surface area contributed by atoms with Gasteiger partial charge in [-0.3, -0.25) is 0 Å². The van der Waals surface area contributed by atoms with E-state index in [2.05, 4.69) is 0 Å². The third-order valence-electron chi connectivity index (χ3n) is 1.52. The van der Waals surface area contributed by atoms with Crippen LogP contribution in [0.2, 0.25) is 5.02 Å². The van der Waals surface area contributed by atoms with Gasteiger partial charge in [0, 0.05) is 10.6 Å². The summed E-state index contributed by atoms with van der Waals surface area (Å²) >= 11 is 5.44. The fraction of sp³-hybridized carbons (Fsp3) is 0.250. The fourth-order valence-electron chi connectivity index (χ4n) is 0.877. The topological polar surface area (TPSA) is 20.2 Å². The molecule has 1 aromatic rings. The third kappa shape index (κ3) is 2.35. The first kappa shape index (κ1) is 10.3. The highest BCUT2D eigenvalue weighted by Gasteiger charge is 2.22. The minimum absolute atomic E-state index is 0.108. The molecule has 0 aliphatic rings. The Morgan fingerprint density at radius 3 is 2.46 bits per heavy atom. The zero-order chi connectivity index (χ0) is 10.0. The Kier molecular flexibility index (Phi) is 3.17. The van der Waals surface area contributed by atoms with Gasteiger partial charge in [-0.05, 0) is 18.2 Å². The van der Waals surface area contributed by atoms with Gasteiger partial charge in [-0.1, -0.05) is 11.6 Å². The summed E-state index contributed by atoms with van der Waals surface area (Å²) in [6.45, 7) is 0. The third-order valence-corrected chi connectivity index (χ3v) is 1.75. The summed E-state index contributed by atoms with van der Waals surface area (Å²) in [6.07, 6.45) is -5.15. The van der Waals surface area contributed by atoms with Gasteiger partial charge in [-0.2, -0.15) is 0 Å². The van der Waals surface area contributed by atoms with E-state index in [0.29, 0.717) is 0 Å². The zero-order valence-corrected chi connectivity index (χ0v) is 7.10. The van der Waals surface area contributed by atoms with E-state index in [1.54, 1.807) is 0 Å². The summed E-state index contributed by atoms with van der Waals surface area (Å²) in [5.74, 6) is -0.891. The maximum atomic E-state index is 12.8. The van der Waals surface area contributed by atoms with Crippen LogP contribution in [-0.2, 0) is 0 Å². The highest BCUT2D eigenvalue weighted by atomic mass is 35.5. The first-order valence-electron chi connectivity index (χ1n) is 3.43. The molecule has 0 saturated carbocycles. The van der Waals surface area contributed by atoms with Gasteiger partial charge < -0.3 is 5.11 Å². The van der Waals surface area contributed by atoms with E-state index in [1.165, 1.54) is 6.07 Å². The highest BCUT2D eigenvalue weighted by Crippen LogP contribution is 2.25. The van der Waals surface area contributed by atoms with Gasteiger partial charge in [0.05, 0.1) is 0 Å². The van der Waals surface area contributed by atoms with Crippen LogP contribution in [0.4, 0.5) is 13.2 Å². The molecule has 0 aromatic heterocycles. The lowest BCUT2D eigenvalue weighted by Gasteiger charge is -2.10. The van der Waals surface area contributed by atoms with Crippen molar-refractivity contribution in [2.45, 2.75) is 12.5 Å². The lowest BCUT2D eigenvalue weighted by molar-refractivity contribution is -0.00770. The summed E-state index contributed by atoms with van der Waals surface area (Å²) < 4.78 is 36.8. The van der Waals surface area contributed by atoms with Crippen molar-refractivity contribution in [1.29, 1.82) is 0 Å². The Morgan fingerprint density at radius 1 is 1.31 bits per heavy atom. The SMILES string of the molecule is O[C@@H](c1cc(Cl)ccc1F)C(F)F. The summed E-state index contributed by atoms with van der Waals surface area (Å²) in [7, 11) is 0. The normalized spacial score (nSPS) is 13.4. The highest BCUT2D eigenvalue weighted by molar-refractivity contribution is 6.30. The molecule has 0 spiro atoms. The average molecular weight is 211 g/mol. The summed E-state index contributed by atoms with van der Waals surface area (Å²) in [5, 5.41) is 8.96. The second-order valence-corrected chi connectivity index (χ2v) is 2.88. The molecule has 5 heteroatoms. The van der Waals surface area contributed by atoms with Crippen LogP contribution in [0.5, 0.6) is 0 Å². The molecule has 0 unspecified atom stereocenters. The van der Waals surface area contributed by atoms with Crippen LogP contribution in [0.15, 0.2) is 18.2 Å². The van der Waals surface area contributed by atoms with Crippen molar-refractivity contribution in [3.63, 3.8) is 0 Å². The fourth-order valence-corrected chi connectivity index (χ4v) is 1.06. The van der Waals surface area contributed by atoms with Gasteiger partial charge in [-0.15, -0.1) is 0 Å². The van der Waals surface area contributed by atoms with E-state index in [9.17, 15) is 13.2 Å². The molecule has 0 aliphatic carbocycles. The van der Waals surface area contributed by atoms with E-state index < -0.39 is 23.9 Å². The van der Waals surface area contributed by atoms with Crippen LogP contribution < -0.4 is 0 Å². The molecule has 13 heavy (non-hydrogen) atoms. The molecule has 0 radical (unpaired) electrons. The van der Waals surface area contributed by atoms with E-state index in [4.69, 9.17) is 16.7 Å². The Morgan fingerprint density at radius 2 is 1.92 bits per heavy atom. The van der Waals surface area contributed by atoms with Crippen LogP contribution in [0.1, 0.15) is 11.7 Å². The minimum Gasteiger partial charge on any atom is -0.382 e. The molecular weight excluding hydrogens is 205 g/mol. The number of hydrogen-bond acceptors (Lipinski definition) is 1. The summed E-state index contributed by atoms with van der Waals surface area (Å²) in [6, 6.07) is 3.13. The van der Waals surface area contributed by atoms with Gasteiger partial charge in [0.1, 0.15) is 11.9 Å². The Bertz CT molecular complexity index is 303. The molecular formula is C8H6ClF3O. The van der Waals surface area contributed by atoms with E-state index in [0.717, 1.165) is 12.1 Å². The molecule has 72 valence electrons. The average Bonchev–Trinajstić information content (AvgIpc) is 2.08. The van der Waals surface area contributed by atoms with Gasteiger partial charge in [0.15, 0.2) is 0 Å². The first-order valence-corrected chi connectivity index (χ1v) is 3.81.